The van der Waals surface area contributed by atoms with Crippen LogP contribution in [0, 0.1) is 18.3 Å². The number of rotatable bonds is 2. The standard InChI is InChI=1S/C16H20N2O/c1-12-4-2-5-15(14(12)11-17)18-13-6-9-19-16(10-13)7-3-8-16/h2,4-5,13,18H,3,6-10H2,1H3. The SMILES string of the molecule is Cc1cccc(NC2CCOC3(CCC3)C2)c1C#N. The van der Waals surface area contributed by atoms with Gasteiger partial charge in [0.2, 0.25) is 0 Å². The first-order valence-corrected chi connectivity index (χ1v) is 7.13. The highest BCUT2D eigenvalue weighted by Crippen LogP contribution is 2.43. The molecule has 1 aromatic rings. The second-order valence-corrected chi connectivity index (χ2v) is 5.83. The van der Waals surface area contributed by atoms with E-state index in [1.54, 1.807) is 0 Å². The molecule has 1 spiro atoms. The molecule has 3 rings (SSSR count). The van der Waals surface area contributed by atoms with E-state index in [9.17, 15) is 5.26 Å². The Labute approximate surface area is 114 Å². The summed E-state index contributed by atoms with van der Waals surface area (Å²) in [5.74, 6) is 0. The first kappa shape index (κ1) is 12.5. The van der Waals surface area contributed by atoms with Crippen molar-refractivity contribution in [2.24, 2.45) is 0 Å². The van der Waals surface area contributed by atoms with Crippen molar-refractivity contribution in [3.05, 3.63) is 29.3 Å². The summed E-state index contributed by atoms with van der Waals surface area (Å²) in [6, 6.07) is 8.75. The van der Waals surface area contributed by atoms with Crippen molar-refractivity contribution in [3.8, 4) is 6.07 Å². The molecule has 0 radical (unpaired) electrons. The summed E-state index contributed by atoms with van der Waals surface area (Å²) in [4.78, 5) is 0. The van der Waals surface area contributed by atoms with Gasteiger partial charge in [-0.05, 0) is 50.7 Å². The zero-order chi connectivity index (χ0) is 13.3. The van der Waals surface area contributed by atoms with Crippen molar-refractivity contribution in [1.29, 1.82) is 5.26 Å². The predicted molar refractivity (Wildman–Crippen MR) is 75.1 cm³/mol. The summed E-state index contributed by atoms with van der Waals surface area (Å²) in [5, 5.41) is 12.8. The Bertz CT molecular complexity index is 514. The summed E-state index contributed by atoms with van der Waals surface area (Å²) in [6.07, 6.45) is 5.79. The lowest BCUT2D eigenvalue weighted by molar-refractivity contribution is -0.130. The van der Waals surface area contributed by atoms with Crippen LogP contribution in [-0.4, -0.2) is 18.2 Å². The number of nitriles is 1. The molecule has 1 heterocycles. The fourth-order valence-corrected chi connectivity index (χ4v) is 3.23. The van der Waals surface area contributed by atoms with Crippen molar-refractivity contribution in [1.82, 2.24) is 0 Å². The molecule has 0 bridgehead atoms. The molecule has 1 unspecified atom stereocenters. The van der Waals surface area contributed by atoms with Gasteiger partial charge < -0.3 is 10.1 Å². The molecule has 0 aromatic heterocycles. The molecular weight excluding hydrogens is 236 g/mol. The quantitative estimate of drug-likeness (QED) is 0.882. The first-order chi connectivity index (χ1) is 9.22. The van der Waals surface area contributed by atoms with Gasteiger partial charge in [-0.2, -0.15) is 5.26 Å². The Morgan fingerprint density at radius 3 is 2.95 bits per heavy atom. The fourth-order valence-electron chi connectivity index (χ4n) is 3.23. The number of hydrogen-bond donors (Lipinski definition) is 1. The molecule has 3 nitrogen and oxygen atoms in total. The van der Waals surface area contributed by atoms with Crippen LogP contribution in [0.2, 0.25) is 0 Å². The minimum atomic E-state index is 0.145. The topological polar surface area (TPSA) is 45.0 Å². The van der Waals surface area contributed by atoms with E-state index in [0.29, 0.717) is 6.04 Å². The van der Waals surface area contributed by atoms with Gasteiger partial charge in [0.15, 0.2) is 0 Å². The average Bonchev–Trinajstić information content (AvgIpc) is 2.38. The average molecular weight is 256 g/mol. The highest BCUT2D eigenvalue weighted by Gasteiger charge is 2.42. The van der Waals surface area contributed by atoms with Crippen LogP contribution in [0.5, 0.6) is 0 Å². The van der Waals surface area contributed by atoms with E-state index < -0.39 is 0 Å². The maximum Gasteiger partial charge on any atom is 0.102 e. The zero-order valence-corrected chi connectivity index (χ0v) is 11.4. The molecular formula is C16H20N2O. The van der Waals surface area contributed by atoms with Crippen molar-refractivity contribution in [2.75, 3.05) is 11.9 Å². The Hall–Kier alpha value is -1.53. The van der Waals surface area contributed by atoms with Crippen LogP contribution < -0.4 is 5.32 Å². The van der Waals surface area contributed by atoms with Crippen molar-refractivity contribution < 1.29 is 4.74 Å². The molecule has 3 heteroatoms. The summed E-state index contributed by atoms with van der Waals surface area (Å²) < 4.78 is 5.94. The zero-order valence-electron chi connectivity index (χ0n) is 11.4. The molecule has 2 aliphatic rings. The van der Waals surface area contributed by atoms with Gasteiger partial charge in [0, 0.05) is 12.6 Å². The van der Waals surface area contributed by atoms with E-state index in [2.05, 4.69) is 11.4 Å². The summed E-state index contributed by atoms with van der Waals surface area (Å²) >= 11 is 0. The van der Waals surface area contributed by atoms with E-state index in [1.807, 2.05) is 25.1 Å². The van der Waals surface area contributed by atoms with E-state index in [-0.39, 0.29) is 5.60 Å². The van der Waals surface area contributed by atoms with Gasteiger partial charge in [-0.3, -0.25) is 0 Å². The van der Waals surface area contributed by atoms with Crippen molar-refractivity contribution in [2.45, 2.75) is 50.7 Å². The highest BCUT2D eigenvalue weighted by molar-refractivity contribution is 5.61. The Morgan fingerprint density at radius 2 is 2.26 bits per heavy atom. The fraction of sp³-hybridized carbons (Fsp3) is 0.562. The van der Waals surface area contributed by atoms with Gasteiger partial charge in [0.05, 0.1) is 16.9 Å². The van der Waals surface area contributed by atoms with Crippen LogP contribution in [0.4, 0.5) is 5.69 Å². The molecule has 1 N–H and O–H groups in total. The molecule has 1 aliphatic heterocycles. The van der Waals surface area contributed by atoms with Crippen LogP contribution in [0.15, 0.2) is 18.2 Å². The number of hydrogen-bond acceptors (Lipinski definition) is 3. The lowest BCUT2D eigenvalue weighted by Gasteiger charge is -2.47. The minimum absolute atomic E-state index is 0.145. The van der Waals surface area contributed by atoms with E-state index in [4.69, 9.17) is 4.74 Å². The van der Waals surface area contributed by atoms with Gasteiger partial charge in [-0.25, -0.2) is 0 Å². The molecule has 1 saturated carbocycles. The van der Waals surface area contributed by atoms with Gasteiger partial charge in [0.25, 0.3) is 0 Å². The second-order valence-electron chi connectivity index (χ2n) is 5.83. The van der Waals surface area contributed by atoms with Crippen molar-refractivity contribution in [3.63, 3.8) is 0 Å². The number of nitrogens with zero attached hydrogens (tertiary/aromatic N) is 1. The number of anilines is 1. The number of nitrogens with one attached hydrogen (secondary N) is 1. The first-order valence-electron chi connectivity index (χ1n) is 7.13. The van der Waals surface area contributed by atoms with Crippen molar-refractivity contribution >= 4 is 5.69 Å². The molecule has 1 saturated heterocycles. The summed E-state index contributed by atoms with van der Waals surface area (Å²) in [5.41, 5.74) is 2.94. The lowest BCUT2D eigenvalue weighted by atomic mass is 9.74. The highest BCUT2D eigenvalue weighted by atomic mass is 16.5. The summed E-state index contributed by atoms with van der Waals surface area (Å²) in [6.45, 7) is 2.83. The lowest BCUT2D eigenvalue weighted by Crippen LogP contribution is -2.49. The Morgan fingerprint density at radius 1 is 1.42 bits per heavy atom. The third-order valence-electron chi connectivity index (χ3n) is 4.50. The van der Waals surface area contributed by atoms with E-state index >= 15 is 0 Å². The Kier molecular flexibility index (Phi) is 3.20. The number of benzene rings is 1. The molecule has 1 aromatic carbocycles. The molecule has 1 atom stereocenters. The van der Waals surface area contributed by atoms with Crippen LogP contribution in [0.1, 0.15) is 43.2 Å². The van der Waals surface area contributed by atoms with Crippen LogP contribution in [0.25, 0.3) is 0 Å². The van der Waals surface area contributed by atoms with E-state index in [1.165, 1.54) is 19.3 Å². The van der Waals surface area contributed by atoms with Gasteiger partial charge in [-0.15, -0.1) is 0 Å². The van der Waals surface area contributed by atoms with E-state index in [0.717, 1.165) is 36.3 Å². The Balaban J connectivity index is 1.75. The third-order valence-corrected chi connectivity index (χ3v) is 4.50. The largest absolute Gasteiger partial charge is 0.381 e. The van der Waals surface area contributed by atoms with Crippen LogP contribution >= 0.6 is 0 Å². The molecule has 19 heavy (non-hydrogen) atoms. The predicted octanol–water partition coefficient (Wildman–Crippen LogP) is 3.38. The maximum atomic E-state index is 9.27. The second kappa shape index (κ2) is 4.86. The van der Waals surface area contributed by atoms with Crippen LogP contribution in [-0.2, 0) is 4.74 Å². The minimum Gasteiger partial charge on any atom is -0.381 e. The molecule has 0 amide bonds. The third kappa shape index (κ3) is 2.33. The van der Waals surface area contributed by atoms with Gasteiger partial charge >= 0.3 is 0 Å². The monoisotopic (exact) mass is 256 g/mol. The molecule has 1 aliphatic carbocycles. The normalized spacial score (nSPS) is 24.5. The molecule has 2 fully saturated rings. The number of aryl methyl sites for hydroxylation is 1. The summed E-state index contributed by atoms with van der Waals surface area (Å²) in [7, 11) is 0. The molecule has 100 valence electrons. The number of ether oxygens (including phenoxy) is 1. The van der Waals surface area contributed by atoms with Gasteiger partial charge in [0.1, 0.15) is 6.07 Å². The van der Waals surface area contributed by atoms with Gasteiger partial charge in [-0.1, -0.05) is 12.1 Å². The smallest absolute Gasteiger partial charge is 0.102 e. The van der Waals surface area contributed by atoms with Crippen LogP contribution in [0.3, 0.4) is 0 Å². The maximum absolute atomic E-state index is 9.27.